The molecule has 0 aliphatic carbocycles. The fourth-order valence-corrected chi connectivity index (χ4v) is 2.89. The molecular formula is C23H17FN4O2. The molecule has 0 saturated heterocycles. The van der Waals surface area contributed by atoms with Gasteiger partial charge in [0.05, 0.1) is 17.1 Å². The zero-order valence-corrected chi connectivity index (χ0v) is 15.8. The van der Waals surface area contributed by atoms with E-state index in [0.717, 1.165) is 16.1 Å². The molecule has 0 unspecified atom stereocenters. The zero-order valence-electron chi connectivity index (χ0n) is 15.8. The van der Waals surface area contributed by atoms with Crippen molar-refractivity contribution in [2.45, 2.75) is 0 Å². The number of hydrogen-bond acceptors (Lipinski definition) is 4. The fourth-order valence-electron chi connectivity index (χ4n) is 2.89. The molecule has 1 amide bonds. The number of halogens is 1. The summed E-state index contributed by atoms with van der Waals surface area (Å²) in [6.07, 6.45) is 0. The summed E-state index contributed by atoms with van der Waals surface area (Å²) in [7, 11) is 0. The molecule has 1 aromatic heterocycles. The Morgan fingerprint density at radius 3 is 1.93 bits per heavy atom. The van der Waals surface area contributed by atoms with E-state index < -0.39 is 17.3 Å². The third kappa shape index (κ3) is 4.10. The highest BCUT2D eigenvalue weighted by Gasteiger charge is 2.16. The zero-order chi connectivity index (χ0) is 20.9. The topological polar surface area (TPSA) is 67.2 Å². The summed E-state index contributed by atoms with van der Waals surface area (Å²) in [6.45, 7) is 0. The first-order valence-electron chi connectivity index (χ1n) is 9.19. The van der Waals surface area contributed by atoms with E-state index in [2.05, 4.69) is 10.5 Å². The highest BCUT2D eigenvalue weighted by atomic mass is 19.1. The van der Waals surface area contributed by atoms with E-state index in [1.54, 1.807) is 5.01 Å². The number of carbonyl (C=O) groups excluding carboxylic acids is 1. The number of amides is 1. The van der Waals surface area contributed by atoms with Crippen LogP contribution in [0.15, 0.2) is 102 Å². The van der Waals surface area contributed by atoms with E-state index in [4.69, 9.17) is 0 Å². The number of anilines is 2. The van der Waals surface area contributed by atoms with Crippen molar-refractivity contribution in [1.29, 1.82) is 0 Å². The molecule has 148 valence electrons. The SMILES string of the molecule is O=C(NN(c1ccccc1)c1ccccc1)c1ccc(=O)n(-c2ccc(F)cc2)n1. The Kier molecular flexibility index (Phi) is 5.34. The monoisotopic (exact) mass is 400 g/mol. The summed E-state index contributed by atoms with van der Waals surface area (Å²) in [4.78, 5) is 25.2. The maximum absolute atomic E-state index is 13.2. The largest absolute Gasteiger partial charge is 0.290 e. The van der Waals surface area contributed by atoms with Gasteiger partial charge in [-0.3, -0.25) is 20.0 Å². The molecule has 1 N–H and O–H groups in total. The maximum atomic E-state index is 13.2. The number of nitrogens with zero attached hydrogens (tertiary/aromatic N) is 3. The first kappa shape index (κ1) is 19.1. The minimum absolute atomic E-state index is 0.0378. The molecule has 3 aromatic carbocycles. The molecule has 0 radical (unpaired) electrons. The quantitative estimate of drug-likeness (QED) is 0.517. The molecule has 0 bridgehead atoms. The maximum Gasteiger partial charge on any atom is 0.290 e. The fraction of sp³-hybridized carbons (Fsp3) is 0. The van der Waals surface area contributed by atoms with Crippen LogP contribution >= 0.6 is 0 Å². The molecule has 0 atom stereocenters. The number of rotatable bonds is 5. The van der Waals surface area contributed by atoms with Crippen LogP contribution < -0.4 is 16.0 Å². The van der Waals surface area contributed by atoms with Crippen LogP contribution in [0.5, 0.6) is 0 Å². The van der Waals surface area contributed by atoms with Crippen LogP contribution in [0.25, 0.3) is 5.69 Å². The Morgan fingerprint density at radius 2 is 1.37 bits per heavy atom. The average Bonchev–Trinajstić information content (AvgIpc) is 2.79. The Morgan fingerprint density at radius 1 is 0.800 bits per heavy atom. The summed E-state index contributed by atoms with van der Waals surface area (Å²) in [6, 6.07) is 26.6. The molecular weight excluding hydrogens is 383 g/mol. The van der Waals surface area contributed by atoms with Crippen molar-refractivity contribution in [3.63, 3.8) is 0 Å². The lowest BCUT2D eigenvalue weighted by molar-refractivity contribution is 0.0947. The Hall–Kier alpha value is -4.26. The molecule has 6 nitrogen and oxygen atoms in total. The van der Waals surface area contributed by atoms with Crippen LogP contribution in [0.4, 0.5) is 15.8 Å². The number of nitrogens with one attached hydrogen (secondary N) is 1. The molecule has 4 aromatic rings. The minimum Gasteiger partial charge on any atom is -0.267 e. The van der Waals surface area contributed by atoms with Crippen molar-refractivity contribution in [3.05, 3.63) is 119 Å². The molecule has 0 aliphatic heterocycles. The number of carbonyl (C=O) groups is 1. The van der Waals surface area contributed by atoms with Gasteiger partial charge in [0.1, 0.15) is 5.82 Å². The molecule has 4 rings (SSSR count). The third-order valence-corrected chi connectivity index (χ3v) is 4.35. The van der Waals surface area contributed by atoms with Crippen LogP contribution in [0.2, 0.25) is 0 Å². The van der Waals surface area contributed by atoms with Crippen molar-refractivity contribution in [3.8, 4) is 5.69 Å². The first-order chi connectivity index (χ1) is 14.6. The second-order valence-electron chi connectivity index (χ2n) is 6.39. The van der Waals surface area contributed by atoms with Gasteiger partial charge in [0, 0.05) is 6.07 Å². The third-order valence-electron chi connectivity index (χ3n) is 4.35. The molecule has 7 heteroatoms. The second-order valence-corrected chi connectivity index (χ2v) is 6.39. The van der Waals surface area contributed by atoms with Gasteiger partial charge in [0.25, 0.3) is 11.5 Å². The highest BCUT2D eigenvalue weighted by molar-refractivity contribution is 5.94. The number of aromatic nitrogens is 2. The Labute approximate surface area is 171 Å². The summed E-state index contributed by atoms with van der Waals surface area (Å²) in [5, 5.41) is 5.79. The van der Waals surface area contributed by atoms with Crippen molar-refractivity contribution >= 4 is 17.3 Å². The molecule has 0 aliphatic rings. The normalized spacial score (nSPS) is 10.4. The lowest BCUT2D eigenvalue weighted by atomic mass is 10.2. The van der Waals surface area contributed by atoms with Crippen LogP contribution in [0.1, 0.15) is 10.5 Å². The lowest BCUT2D eigenvalue weighted by Gasteiger charge is -2.25. The summed E-state index contributed by atoms with van der Waals surface area (Å²) >= 11 is 0. The lowest BCUT2D eigenvalue weighted by Crippen LogP contribution is -2.40. The van der Waals surface area contributed by atoms with Crippen molar-refractivity contribution in [2.24, 2.45) is 0 Å². The summed E-state index contributed by atoms with van der Waals surface area (Å²) in [5.74, 6) is -0.930. The predicted octanol–water partition coefficient (Wildman–Crippen LogP) is 3.85. The van der Waals surface area contributed by atoms with E-state index >= 15 is 0 Å². The van der Waals surface area contributed by atoms with Crippen molar-refractivity contribution < 1.29 is 9.18 Å². The van der Waals surface area contributed by atoms with Crippen molar-refractivity contribution in [1.82, 2.24) is 15.2 Å². The van der Waals surface area contributed by atoms with E-state index in [1.807, 2.05) is 60.7 Å². The van der Waals surface area contributed by atoms with Crippen molar-refractivity contribution in [2.75, 3.05) is 5.01 Å². The van der Waals surface area contributed by atoms with E-state index in [9.17, 15) is 14.0 Å². The summed E-state index contributed by atoms with van der Waals surface area (Å²) < 4.78 is 14.3. The molecule has 0 saturated carbocycles. The Balaban J connectivity index is 1.67. The van der Waals surface area contributed by atoms with E-state index in [-0.39, 0.29) is 5.69 Å². The number of benzene rings is 3. The van der Waals surface area contributed by atoms with Crippen LogP contribution in [0, 0.1) is 5.82 Å². The number of para-hydroxylation sites is 2. The van der Waals surface area contributed by atoms with Gasteiger partial charge in [-0.15, -0.1) is 0 Å². The van der Waals surface area contributed by atoms with E-state index in [0.29, 0.717) is 5.69 Å². The van der Waals surface area contributed by atoms with Gasteiger partial charge in [0.15, 0.2) is 5.69 Å². The van der Waals surface area contributed by atoms with Gasteiger partial charge in [-0.25, -0.2) is 4.39 Å². The van der Waals surface area contributed by atoms with Gasteiger partial charge in [-0.1, -0.05) is 36.4 Å². The van der Waals surface area contributed by atoms with Crippen LogP contribution in [0.3, 0.4) is 0 Å². The van der Waals surface area contributed by atoms with Gasteiger partial charge in [-0.05, 0) is 54.6 Å². The molecule has 30 heavy (non-hydrogen) atoms. The van der Waals surface area contributed by atoms with Crippen LogP contribution in [-0.4, -0.2) is 15.7 Å². The molecule has 0 spiro atoms. The highest BCUT2D eigenvalue weighted by Crippen LogP contribution is 2.22. The van der Waals surface area contributed by atoms with Crippen LogP contribution in [-0.2, 0) is 0 Å². The van der Waals surface area contributed by atoms with Gasteiger partial charge >= 0.3 is 0 Å². The van der Waals surface area contributed by atoms with Gasteiger partial charge in [-0.2, -0.15) is 9.78 Å². The Bertz CT molecular complexity index is 1170. The second kappa shape index (κ2) is 8.40. The standard InChI is InChI=1S/C23H17FN4O2/c24-17-11-13-20(14-12-17)28-22(29)16-15-21(25-28)23(30)26-27(18-7-3-1-4-8-18)19-9-5-2-6-10-19/h1-16H,(H,26,30). The first-order valence-corrected chi connectivity index (χ1v) is 9.19. The average molecular weight is 400 g/mol. The molecule has 0 fully saturated rings. The van der Waals surface area contributed by atoms with E-state index in [1.165, 1.54) is 36.4 Å². The predicted molar refractivity (Wildman–Crippen MR) is 112 cm³/mol. The molecule has 1 heterocycles. The smallest absolute Gasteiger partial charge is 0.267 e. The minimum atomic E-state index is -0.501. The number of hydrogen-bond donors (Lipinski definition) is 1. The van der Waals surface area contributed by atoms with Gasteiger partial charge in [0.2, 0.25) is 0 Å². The summed E-state index contributed by atoms with van der Waals surface area (Å²) in [5.41, 5.74) is 4.31. The van der Waals surface area contributed by atoms with Gasteiger partial charge < -0.3 is 0 Å². The number of hydrazine groups is 1.